The molecule has 0 fully saturated rings. The van der Waals surface area contributed by atoms with Crippen LogP contribution in [0.5, 0.6) is 0 Å². The number of ether oxygens (including phenoxy) is 1. The summed E-state index contributed by atoms with van der Waals surface area (Å²) in [5.74, 6) is -0.375. The van der Waals surface area contributed by atoms with Crippen LogP contribution >= 0.6 is 11.3 Å². The van der Waals surface area contributed by atoms with E-state index >= 15 is 0 Å². The van der Waals surface area contributed by atoms with Crippen LogP contribution in [-0.2, 0) is 9.53 Å². The third kappa shape index (κ3) is 3.79. The number of carbonyl (C=O) groups is 2. The van der Waals surface area contributed by atoms with Crippen LogP contribution in [0.2, 0.25) is 0 Å². The van der Waals surface area contributed by atoms with Gasteiger partial charge in [-0.1, -0.05) is 35.5 Å². The van der Waals surface area contributed by atoms with Gasteiger partial charge in [0, 0.05) is 23.2 Å². The molecule has 3 heterocycles. The Morgan fingerprint density at radius 3 is 2.68 bits per heavy atom. The molecule has 31 heavy (non-hydrogen) atoms. The first-order valence-corrected chi connectivity index (χ1v) is 10.6. The van der Waals surface area contributed by atoms with Crippen molar-refractivity contribution in [2.75, 3.05) is 23.0 Å². The highest BCUT2D eigenvalue weighted by molar-refractivity contribution is 7.19. The van der Waals surface area contributed by atoms with E-state index < -0.39 is 17.8 Å². The minimum absolute atomic E-state index is 0.258. The predicted octanol–water partition coefficient (Wildman–Crippen LogP) is 4.27. The Morgan fingerprint density at radius 2 is 2.03 bits per heavy atom. The molecule has 0 saturated heterocycles. The Labute approximate surface area is 183 Å². The van der Waals surface area contributed by atoms with Gasteiger partial charge >= 0.3 is 5.97 Å². The van der Waals surface area contributed by atoms with Crippen LogP contribution in [0.3, 0.4) is 0 Å². The van der Waals surface area contributed by atoms with Gasteiger partial charge in [-0.05, 0) is 26.3 Å². The average Bonchev–Trinajstić information content (AvgIpc) is 3.30. The van der Waals surface area contributed by atoms with Gasteiger partial charge in [-0.25, -0.2) is 4.79 Å². The Balaban J connectivity index is 1.79. The third-order valence-corrected chi connectivity index (χ3v) is 6.11. The molecule has 2 aromatic heterocycles. The highest BCUT2D eigenvalue weighted by Gasteiger charge is 2.37. The summed E-state index contributed by atoms with van der Waals surface area (Å²) in [4.78, 5) is 26.1. The zero-order valence-electron chi connectivity index (χ0n) is 17.3. The number of carbonyl (C=O) groups excluding carboxylic acids is 2. The summed E-state index contributed by atoms with van der Waals surface area (Å²) in [6.45, 7) is 5.58. The molecule has 1 aliphatic heterocycles. The Hall–Kier alpha value is -3.59. The second-order valence-electron chi connectivity index (χ2n) is 7.09. The van der Waals surface area contributed by atoms with Gasteiger partial charge in [0.1, 0.15) is 10.6 Å². The number of aromatic nitrogens is 1. The lowest BCUT2D eigenvalue weighted by Crippen LogP contribution is -2.24. The molecular formula is C22H22N4O4S. The number of rotatable bonds is 5. The van der Waals surface area contributed by atoms with Gasteiger partial charge in [-0.2, -0.15) is 0 Å². The largest absolute Gasteiger partial charge is 0.463 e. The zero-order chi connectivity index (χ0) is 22.1. The molecule has 8 nitrogen and oxygen atoms in total. The molecule has 4 rings (SSSR count). The van der Waals surface area contributed by atoms with Crippen LogP contribution in [0.15, 0.2) is 52.2 Å². The highest BCUT2D eigenvalue weighted by Crippen LogP contribution is 2.50. The number of anilines is 3. The van der Waals surface area contributed by atoms with Gasteiger partial charge in [0.05, 0.1) is 22.9 Å². The number of esters is 1. The number of nitrogens with zero attached hydrogens (tertiary/aromatic N) is 1. The number of aryl methyl sites for hydroxylation is 1. The van der Waals surface area contributed by atoms with E-state index in [2.05, 4.69) is 15.8 Å². The van der Waals surface area contributed by atoms with E-state index in [4.69, 9.17) is 15.0 Å². The van der Waals surface area contributed by atoms with Crippen molar-refractivity contribution in [3.8, 4) is 0 Å². The molecule has 1 unspecified atom stereocenters. The molecule has 0 bridgehead atoms. The van der Waals surface area contributed by atoms with Gasteiger partial charge in [0.2, 0.25) is 0 Å². The molecule has 1 aromatic carbocycles. The third-order valence-electron chi connectivity index (χ3n) is 4.97. The summed E-state index contributed by atoms with van der Waals surface area (Å²) < 4.78 is 10.3. The second-order valence-corrected chi connectivity index (χ2v) is 8.11. The van der Waals surface area contributed by atoms with Gasteiger partial charge < -0.3 is 25.6 Å². The van der Waals surface area contributed by atoms with Crippen molar-refractivity contribution in [2.45, 2.75) is 26.7 Å². The van der Waals surface area contributed by atoms with Crippen LogP contribution in [0, 0.1) is 6.92 Å². The molecular weight excluding hydrogens is 416 g/mol. The fourth-order valence-electron chi connectivity index (χ4n) is 3.66. The van der Waals surface area contributed by atoms with Crippen molar-refractivity contribution in [3.63, 3.8) is 0 Å². The number of nitrogens with one attached hydrogen (secondary N) is 2. The maximum Gasteiger partial charge on any atom is 0.336 e. The van der Waals surface area contributed by atoms with E-state index in [1.807, 2.05) is 37.3 Å². The number of fused-ring (bicyclic) bond motifs is 1. The second kappa shape index (κ2) is 8.27. The van der Waals surface area contributed by atoms with Crippen molar-refractivity contribution in [3.05, 3.63) is 69.4 Å². The minimum atomic E-state index is -0.455. The molecule has 9 heteroatoms. The number of hydrogen-bond donors (Lipinski definition) is 3. The summed E-state index contributed by atoms with van der Waals surface area (Å²) in [5.41, 5.74) is 9.51. The first-order chi connectivity index (χ1) is 14.9. The summed E-state index contributed by atoms with van der Waals surface area (Å²) in [7, 11) is 0. The van der Waals surface area contributed by atoms with E-state index in [0.29, 0.717) is 39.0 Å². The fourth-order valence-corrected chi connectivity index (χ4v) is 4.77. The van der Waals surface area contributed by atoms with Crippen LogP contribution in [0.4, 0.5) is 16.5 Å². The Bertz CT molecular complexity index is 1180. The minimum Gasteiger partial charge on any atom is -0.463 e. The first-order valence-electron chi connectivity index (χ1n) is 9.77. The standard InChI is InChI=1S/C22H22N4O4S/c1-4-29-22(28)15-12(3)24-21-17(16(15)13-8-6-5-7-9-13)18(23)19(31-21)20(27)25-14-10-11(2)30-26-14/h5-10,16,24H,4,23H2,1-3H3,(H,25,26,27). The maximum atomic E-state index is 12.9. The van der Waals surface area contributed by atoms with E-state index in [1.165, 1.54) is 11.3 Å². The number of hydrogen-bond acceptors (Lipinski definition) is 8. The number of thiophene rings is 1. The first kappa shape index (κ1) is 20.7. The molecule has 4 N–H and O–H groups in total. The zero-order valence-corrected chi connectivity index (χ0v) is 18.1. The van der Waals surface area contributed by atoms with Crippen molar-refractivity contribution in [1.29, 1.82) is 0 Å². The molecule has 3 aromatic rings. The van der Waals surface area contributed by atoms with E-state index in [0.717, 1.165) is 10.6 Å². The topological polar surface area (TPSA) is 119 Å². The normalized spacial score (nSPS) is 15.3. The maximum absolute atomic E-state index is 12.9. The molecule has 1 amide bonds. The summed E-state index contributed by atoms with van der Waals surface area (Å²) >= 11 is 1.23. The van der Waals surface area contributed by atoms with Gasteiger partial charge in [-0.3, -0.25) is 4.79 Å². The fraction of sp³-hybridized carbons (Fsp3) is 0.227. The number of nitrogen functional groups attached to an aromatic ring is 1. The lowest BCUT2D eigenvalue weighted by Gasteiger charge is -2.28. The van der Waals surface area contributed by atoms with Gasteiger partial charge in [0.15, 0.2) is 5.82 Å². The van der Waals surface area contributed by atoms with Crippen LogP contribution in [0.25, 0.3) is 0 Å². The van der Waals surface area contributed by atoms with E-state index in [-0.39, 0.29) is 6.61 Å². The van der Waals surface area contributed by atoms with E-state index in [9.17, 15) is 9.59 Å². The highest BCUT2D eigenvalue weighted by atomic mass is 32.1. The smallest absolute Gasteiger partial charge is 0.336 e. The molecule has 0 aliphatic carbocycles. The van der Waals surface area contributed by atoms with E-state index in [1.54, 1.807) is 19.9 Å². The Kier molecular flexibility index (Phi) is 5.51. The van der Waals surface area contributed by atoms with Crippen LogP contribution < -0.4 is 16.4 Å². The van der Waals surface area contributed by atoms with Crippen LogP contribution in [0.1, 0.15) is 46.3 Å². The summed E-state index contributed by atoms with van der Waals surface area (Å²) in [6.07, 6.45) is 0. The quantitative estimate of drug-likeness (QED) is 0.509. The van der Waals surface area contributed by atoms with Crippen molar-refractivity contribution >= 4 is 39.7 Å². The van der Waals surface area contributed by atoms with Crippen molar-refractivity contribution in [2.24, 2.45) is 0 Å². The predicted molar refractivity (Wildman–Crippen MR) is 119 cm³/mol. The van der Waals surface area contributed by atoms with Crippen molar-refractivity contribution < 1.29 is 18.8 Å². The molecule has 0 spiro atoms. The number of allylic oxidation sites excluding steroid dienone is 1. The lowest BCUT2D eigenvalue weighted by molar-refractivity contribution is -0.138. The molecule has 0 radical (unpaired) electrons. The summed E-state index contributed by atoms with van der Waals surface area (Å²) in [6, 6.07) is 11.2. The molecule has 0 saturated carbocycles. The molecule has 1 atom stereocenters. The SMILES string of the molecule is CCOC(=O)C1=C(C)Nc2sc(C(=O)Nc3cc(C)on3)c(N)c2C1c1ccccc1. The monoisotopic (exact) mass is 438 g/mol. The summed E-state index contributed by atoms with van der Waals surface area (Å²) in [5, 5.41) is 10.5. The Morgan fingerprint density at radius 1 is 1.29 bits per heavy atom. The molecule has 1 aliphatic rings. The average molecular weight is 439 g/mol. The number of nitrogens with two attached hydrogens (primary N) is 1. The number of amides is 1. The number of benzene rings is 1. The molecule has 160 valence electrons. The van der Waals surface area contributed by atoms with Crippen LogP contribution in [-0.4, -0.2) is 23.6 Å². The van der Waals surface area contributed by atoms with Crippen molar-refractivity contribution in [1.82, 2.24) is 5.16 Å². The van der Waals surface area contributed by atoms with Gasteiger partial charge in [-0.15, -0.1) is 11.3 Å². The lowest BCUT2D eigenvalue weighted by atomic mass is 9.82. The van der Waals surface area contributed by atoms with Gasteiger partial charge in [0.25, 0.3) is 5.91 Å².